The SMILES string of the molecule is CCC(N)CCCC[C@@H]1Cc2ccccc2C1Oc1ccc(F)cc1F. The van der Waals surface area contributed by atoms with E-state index in [9.17, 15) is 8.78 Å². The lowest BCUT2D eigenvalue weighted by atomic mass is 9.95. The fraction of sp³-hybridized carbons (Fsp3) is 0.455. The second-order valence-electron chi connectivity index (χ2n) is 7.23. The highest BCUT2D eigenvalue weighted by Gasteiger charge is 2.34. The van der Waals surface area contributed by atoms with Crippen molar-refractivity contribution < 1.29 is 13.5 Å². The number of unbranched alkanes of at least 4 members (excludes halogenated alkanes) is 1. The third-order valence-corrected chi connectivity index (χ3v) is 5.34. The van der Waals surface area contributed by atoms with Crippen molar-refractivity contribution in [2.75, 3.05) is 0 Å². The number of ether oxygens (including phenoxy) is 1. The average molecular weight is 359 g/mol. The average Bonchev–Trinajstić information content (AvgIpc) is 2.98. The van der Waals surface area contributed by atoms with Gasteiger partial charge in [-0.1, -0.05) is 44.0 Å². The molecule has 2 aromatic carbocycles. The van der Waals surface area contributed by atoms with Crippen molar-refractivity contribution >= 4 is 0 Å². The zero-order chi connectivity index (χ0) is 18.5. The van der Waals surface area contributed by atoms with E-state index in [1.165, 1.54) is 17.7 Å². The van der Waals surface area contributed by atoms with Crippen molar-refractivity contribution in [3.8, 4) is 5.75 Å². The van der Waals surface area contributed by atoms with Gasteiger partial charge in [-0.05, 0) is 48.9 Å². The maximum atomic E-state index is 14.1. The first-order valence-corrected chi connectivity index (χ1v) is 9.53. The first-order valence-electron chi connectivity index (χ1n) is 9.53. The number of hydrogen-bond acceptors (Lipinski definition) is 2. The minimum atomic E-state index is -0.651. The van der Waals surface area contributed by atoms with Crippen LogP contribution in [0, 0.1) is 17.6 Å². The van der Waals surface area contributed by atoms with Crippen LogP contribution in [0.5, 0.6) is 5.75 Å². The van der Waals surface area contributed by atoms with Gasteiger partial charge in [0.1, 0.15) is 11.9 Å². The molecule has 0 aliphatic heterocycles. The summed E-state index contributed by atoms with van der Waals surface area (Å²) in [4.78, 5) is 0. The van der Waals surface area contributed by atoms with Gasteiger partial charge in [-0.3, -0.25) is 0 Å². The lowest BCUT2D eigenvalue weighted by molar-refractivity contribution is 0.135. The standard InChI is InChI=1S/C22H27F2NO/c1-2-18(25)9-5-3-8-16-13-15-7-4-6-10-19(15)22(16)26-21-12-11-17(23)14-20(21)24/h4,6-7,10-12,14,16,18,22H,2-3,5,8-9,13,25H2,1H3/t16-,18?,22?/m1/s1. The summed E-state index contributed by atoms with van der Waals surface area (Å²) in [6, 6.07) is 11.9. The van der Waals surface area contributed by atoms with Crippen LogP contribution >= 0.6 is 0 Å². The van der Waals surface area contributed by atoms with Crippen LogP contribution < -0.4 is 10.5 Å². The van der Waals surface area contributed by atoms with Gasteiger partial charge in [0.2, 0.25) is 0 Å². The Morgan fingerprint density at radius 2 is 1.96 bits per heavy atom. The second kappa shape index (κ2) is 8.63. The molecule has 0 aromatic heterocycles. The molecule has 0 radical (unpaired) electrons. The number of benzene rings is 2. The van der Waals surface area contributed by atoms with Crippen molar-refractivity contribution in [2.45, 2.75) is 57.6 Å². The number of halogens is 2. The monoisotopic (exact) mass is 359 g/mol. The molecule has 0 bridgehead atoms. The van der Waals surface area contributed by atoms with Crippen molar-refractivity contribution in [3.05, 3.63) is 65.2 Å². The molecule has 26 heavy (non-hydrogen) atoms. The number of fused-ring (bicyclic) bond motifs is 1. The smallest absolute Gasteiger partial charge is 0.168 e. The summed E-state index contributed by atoms with van der Waals surface area (Å²) in [5, 5.41) is 0. The third-order valence-electron chi connectivity index (χ3n) is 5.34. The van der Waals surface area contributed by atoms with E-state index >= 15 is 0 Å². The van der Waals surface area contributed by atoms with Gasteiger partial charge in [-0.15, -0.1) is 0 Å². The molecule has 2 unspecified atom stereocenters. The van der Waals surface area contributed by atoms with Crippen LogP contribution in [0.2, 0.25) is 0 Å². The van der Waals surface area contributed by atoms with Crippen LogP contribution in [0.1, 0.15) is 56.3 Å². The number of rotatable bonds is 8. The van der Waals surface area contributed by atoms with Gasteiger partial charge < -0.3 is 10.5 Å². The van der Waals surface area contributed by atoms with E-state index < -0.39 is 11.6 Å². The molecule has 0 saturated heterocycles. The lowest BCUT2D eigenvalue weighted by Crippen LogP contribution is -2.18. The molecule has 2 N–H and O–H groups in total. The Labute approximate surface area is 154 Å². The Hall–Kier alpha value is -1.94. The van der Waals surface area contributed by atoms with Gasteiger partial charge >= 0.3 is 0 Å². The maximum Gasteiger partial charge on any atom is 0.168 e. The summed E-state index contributed by atoms with van der Waals surface area (Å²) < 4.78 is 33.3. The van der Waals surface area contributed by atoms with Crippen molar-refractivity contribution in [2.24, 2.45) is 11.7 Å². The molecular weight excluding hydrogens is 332 g/mol. The minimum Gasteiger partial charge on any atom is -0.482 e. The van der Waals surface area contributed by atoms with Crippen molar-refractivity contribution in [1.29, 1.82) is 0 Å². The van der Waals surface area contributed by atoms with Gasteiger partial charge in [0.05, 0.1) is 0 Å². The Morgan fingerprint density at radius 1 is 1.15 bits per heavy atom. The Kier molecular flexibility index (Phi) is 6.25. The molecule has 2 nitrogen and oxygen atoms in total. The van der Waals surface area contributed by atoms with E-state index in [0.29, 0.717) is 5.92 Å². The third kappa shape index (κ3) is 4.42. The highest BCUT2D eigenvalue weighted by atomic mass is 19.1. The van der Waals surface area contributed by atoms with Gasteiger partial charge in [0.25, 0.3) is 0 Å². The minimum absolute atomic E-state index is 0.117. The first kappa shape index (κ1) is 18.8. The normalized spacial score (nSPS) is 20.0. The molecule has 140 valence electrons. The fourth-order valence-corrected chi connectivity index (χ4v) is 3.78. The topological polar surface area (TPSA) is 35.2 Å². The molecule has 1 aliphatic carbocycles. The zero-order valence-electron chi connectivity index (χ0n) is 15.3. The van der Waals surface area contributed by atoms with E-state index in [2.05, 4.69) is 19.1 Å². The van der Waals surface area contributed by atoms with Crippen LogP contribution in [0.25, 0.3) is 0 Å². The molecule has 3 rings (SSSR count). The summed E-state index contributed by atoms with van der Waals surface area (Å²) in [5.74, 6) is -0.826. The number of nitrogens with two attached hydrogens (primary N) is 1. The first-order chi connectivity index (χ1) is 12.6. The number of hydrogen-bond donors (Lipinski definition) is 1. The summed E-state index contributed by atoms with van der Waals surface area (Å²) in [6.07, 6.45) is 5.98. The molecule has 2 aromatic rings. The van der Waals surface area contributed by atoms with Crippen LogP contribution in [-0.2, 0) is 6.42 Å². The lowest BCUT2D eigenvalue weighted by Gasteiger charge is -2.23. The largest absolute Gasteiger partial charge is 0.482 e. The van der Waals surface area contributed by atoms with Crippen LogP contribution in [0.15, 0.2) is 42.5 Å². The Bertz CT molecular complexity index is 734. The van der Waals surface area contributed by atoms with E-state index in [0.717, 1.165) is 50.2 Å². The fourth-order valence-electron chi connectivity index (χ4n) is 3.78. The van der Waals surface area contributed by atoms with Gasteiger partial charge in [0, 0.05) is 18.0 Å². The van der Waals surface area contributed by atoms with Gasteiger partial charge in [0.15, 0.2) is 11.6 Å². The molecule has 0 spiro atoms. The molecule has 3 atom stereocenters. The summed E-state index contributed by atoms with van der Waals surface area (Å²) >= 11 is 0. The van der Waals surface area contributed by atoms with E-state index in [1.54, 1.807) is 0 Å². The Morgan fingerprint density at radius 3 is 2.73 bits per heavy atom. The summed E-state index contributed by atoms with van der Waals surface area (Å²) in [5.41, 5.74) is 8.37. The maximum absolute atomic E-state index is 14.1. The van der Waals surface area contributed by atoms with E-state index in [1.807, 2.05) is 12.1 Å². The summed E-state index contributed by atoms with van der Waals surface area (Å²) in [7, 11) is 0. The summed E-state index contributed by atoms with van der Waals surface area (Å²) in [6.45, 7) is 2.11. The van der Waals surface area contributed by atoms with Crippen LogP contribution in [0.3, 0.4) is 0 Å². The Balaban J connectivity index is 1.70. The quantitative estimate of drug-likeness (QED) is 0.627. The molecule has 0 heterocycles. The molecule has 1 aliphatic rings. The van der Waals surface area contributed by atoms with Crippen LogP contribution in [-0.4, -0.2) is 6.04 Å². The van der Waals surface area contributed by atoms with E-state index in [-0.39, 0.29) is 17.9 Å². The molecular formula is C22H27F2NO. The molecule has 4 heteroatoms. The zero-order valence-corrected chi connectivity index (χ0v) is 15.3. The molecule has 0 fully saturated rings. The molecule has 0 amide bonds. The van der Waals surface area contributed by atoms with Gasteiger partial charge in [-0.2, -0.15) is 0 Å². The second-order valence-corrected chi connectivity index (χ2v) is 7.23. The van der Waals surface area contributed by atoms with Crippen molar-refractivity contribution in [3.63, 3.8) is 0 Å². The predicted octanol–water partition coefficient (Wildman–Crippen LogP) is 5.55. The van der Waals surface area contributed by atoms with E-state index in [4.69, 9.17) is 10.5 Å². The predicted molar refractivity (Wildman–Crippen MR) is 100 cm³/mol. The van der Waals surface area contributed by atoms with Crippen LogP contribution in [0.4, 0.5) is 8.78 Å². The molecule has 0 saturated carbocycles. The van der Waals surface area contributed by atoms with Crippen molar-refractivity contribution in [1.82, 2.24) is 0 Å². The van der Waals surface area contributed by atoms with Gasteiger partial charge in [-0.25, -0.2) is 8.78 Å². The highest BCUT2D eigenvalue weighted by molar-refractivity contribution is 5.36. The highest BCUT2D eigenvalue weighted by Crippen LogP contribution is 2.42.